The van der Waals surface area contributed by atoms with Gasteiger partial charge in [-0.1, -0.05) is 12.2 Å². The number of amides is 3. The van der Waals surface area contributed by atoms with Crippen molar-refractivity contribution in [2.24, 2.45) is 11.8 Å². The van der Waals surface area contributed by atoms with Crippen LogP contribution >= 0.6 is 0 Å². The van der Waals surface area contributed by atoms with E-state index in [9.17, 15) is 24.0 Å². The monoisotopic (exact) mass is 410 g/mol. The molecule has 1 aromatic carbocycles. The van der Waals surface area contributed by atoms with Crippen LogP contribution in [-0.4, -0.2) is 47.0 Å². The number of Topliss-reactive ketones (excluding diaryl/α,β-unsaturated/α-hetero) is 1. The fourth-order valence-electron chi connectivity index (χ4n) is 4.24. The van der Waals surface area contributed by atoms with Crippen molar-refractivity contribution in [3.05, 3.63) is 41.5 Å². The summed E-state index contributed by atoms with van der Waals surface area (Å²) < 4.78 is 5.12. The molecule has 1 N–H and O–H groups in total. The number of hydrogen-bond acceptors (Lipinski definition) is 6. The standard InChI is InChI=1S/C22H22N2O6/c1-11-16-9-13(7-8-17(16)23-19(11)26)18(25)10-30-22(29)12(2)24-20(27)14-5-3-4-6-15(14)21(24)28/h3-4,7-9,11-12,14-15H,5-6,10H2,1-2H3,(H,23,26)/t11-,12-,14-,15+/m0/s1. The Kier molecular flexibility index (Phi) is 5.01. The van der Waals surface area contributed by atoms with Gasteiger partial charge in [-0.15, -0.1) is 0 Å². The highest BCUT2D eigenvalue weighted by molar-refractivity contribution is 6.08. The SMILES string of the molecule is C[C@@H]1C(=O)Nc2ccc(C(=O)COC(=O)[C@H](C)N3C(=O)[C@H]4CC=CC[C@H]4C3=O)cc21. The first-order valence-corrected chi connectivity index (χ1v) is 9.96. The molecule has 4 rings (SSSR count). The molecule has 156 valence electrons. The Balaban J connectivity index is 1.39. The Morgan fingerprint density at radius 2 is 1.77 bits per heavy atom. The van der Waals surface area contributed by atoms with E-state index in [0.717, 1.165) is 10.5 Å². The van der Waals surface area contributed by atoms with E-state index < -0.39 is 36.2 Å². The summed E-state index contributed by atoms with van der Waals surface area (Å²) in [5.74, 6) is -3.31. The molecule has 1 aliphatic carbocycles. The molecule has 0 spiro atoms. The molecule has 0 bridgehead atoms. The highest BCUT2D eigenvalue weighted by Gasteiger charge is 2.50. The number of likely N-dealkylation sites (tertiary alicyclic amines) is 1. The number of ether oxygens (including phenoxy) is 1. The maximum absolute atomic E-state index is 12.6. The minimum Gasteiger partial charge on any atom is -0.456 e. The molecule has 1 saturated heterocycles. The third kappa shape index (κ3) is 3.22. The quantitative estimate of drug-likeness (QED) is 0.343. The van der Waals surface area contributed by atoms with Crippen LogP contribution < -0.4 is 5.32 Å². The zero-order chi connectivity index (χ0) is 21.6. The minimum absolute atomic E-state index is 0.134. The van der Waals surface area contributed by atoms with Gasteiger partial charge in [-0.05, 0) is 50.5 Å². The predicted octanol–water partition coefficient (Wildman–Crippen LogP) is 1.81. The molecular formula is C22H22N2O6. The van der Waals surface area contributed by atoms with Crippen molar-refractivity contribution in [2.75, 3.05) is 11.9 Å². The number of nitrogens with one attached hydrogen (secondary N) is 1. The van der Waals surface area contributed by atoms with Gasteiger partial charge in [0.25, 0.3) is 0 Å². The van der Waals surface area contributed by atoms with Crippen LogP contribution in [0.3, 0.4) is 0 Å². The minimum atomic E-state index is -1.09. The summed E-state index contributed by atoms with van der Waals surface area (Å²) in [5.41, 5.74) is 1.70. The van der Waals surface area contributed by atoms with Gasteiger partial charge < -0.3 is 10.1 Å². The normalized spacial score (nSPS) is 25.6. The second-order valence-electron chi connectivity index (χ2n) is 7.92. The molecule has 30 heavy (non-hydrogen) atoms. The van der Waals surface area contributed by atoms with Gasteiger partial charge in [0.05, 0.1) is 17.8 Å². The van der Waals surface area contributed by atoms with Crippen LogP contribution in [0.5, 0.6) is 0 Å². The van der Waals surface area contributed by atoms with Gasteiger partial charge in [0.1, 0.15) is 6.04 Å². The number of fused-ring (bicyclic) bond motifs is 2. The number of nitrogens with zero attached hydrogens (tertiary/aromatic N) is 1. The second kappa shape index (κ2) is 7.51. The van der Waals surface area contributed by atoms with Crippen LogP contribution in [0, 0.1) is 11.8 Å². The first-order chi connectivity index (χ1) is 14.3. The van der Waals surface area contributed by atoms with Crippen LogP contribution in [-0.2, 0) is 23.9 Å². The van der Waals surface area contributed by atoms with Crippen molar-refractivity contribution in [2.45, 2.75) is 38.6 Å². The first kappa shape index (κ1) is 20.0. The lowest BCUT2D eigenvalue weighted by atomic mass is 9.85. The molecule has 1 aromatic rings. The topological polar surface area (TPSA) is 110 Å². The van der Waals surface area contributed by atoms with Crippen molar-refractivity contribution in [1.29, 1.82) is 0 Å². The molecule has 3 amide bonds. The molecule has 3 aliphatic rings. The lowest BCUT2D eigenvalue weighted by Crippen LogP contribution is -2.44. The second-order valence-corrected chi connectivity index (χ2v) is 7.92. The van der Waals surface area contributed by atoms with Crippen LogP contribution in [0.4, 0.5) is 5.69 Å². The van der Waals surface area contributed by atoms with Crippen LogP contribution in [0.2, 0.25) is 0 Å². The summed E-state index contributed by atoms with van der Waals surface area (Å²) in [5, 5.41) is 2.73. The Morgan fingerprint density at radius 3 is 2.40 bits per heavy atom. The van der Waals surface area contributed by atoms with Crippen LogP contribution in [0.15, 0.2) is 30.4 Å². The largest absolute Gasteiger partial charge is 0.456 e. The van der Waals surface area contributed by atoms with E-state index in [1.165, 1.54) is 6.92 Å². The molecule has 2 heterocycles. The third-order valence-electron chi connectivity index (χ3n) is 6.11. The Bertz CT molecular complexity index is 971. The van der Waals surface area contributed by atoms with Gasteiger partial charge in [0, 0.05) is 11.3 Å². The number of allylic oxidation sites excluding steroid dienone is 2. The molecule has 2 aliphatic heterocycles. The molecular weight excluding hydrogens is 388 g/mol. The van der Waals surface area contributed by atoms with E-state index in [0.29, 0.717) is 24.1 Å². The van der Waals surface area contributed by atoms with E-state index in [-0.39, 0.29) is 23.6 Å². The fraction of sp³-hybridized carbons (Fsp3) is 0.409. The lowest BCUT2D eigenvalue weighted by Gasteiger charge is -2.21. The molecule has 4 atom stereocenters. The van der Waals surface area contributed by atoms with Gasteiger partial charge in [-0.2, -0.15) is 0 Å². The lowest BCUT2D eigenvalue weighted by molar-refractivity contribution is -0.157. The zero-order valence-corrected chi connectivity index (χ0v) is 16.7. The fourth-order valence-corrected chi connectivity index (χ4v) is 4.24. The maximum Gasteiger partial charge on any atom is 0.329 e. The van der Waals surface area contributed by atoms with Crippen molar-refractivity contribution < 1.29 is 28.7 Å². The van der Waals surface area contributed by atoms with E-state index in [1.54, 1.807) is 25.1 Å². The van der Waals surface area contributed by atoms with Crippen molar-refractivity contribution >= 4 is 35.2 Å². The molecule has 0 radical (unpaired) electrons. The van der Waals surface area contributed by atoms with E-state index in [2.05, 4.69) is 5.32 Å². The number of carbonyl (C=O) groups excluding carboxylic acids is 5. The van der Waals surface area contributed by atoms with Crippen molar-refractivity contribution in [1.82, 2.24) is 4.90 Å². The highest BCUT2D eigenvalue weighted by Crippen LogP contribution is 2.36. The molecule has 0 unspecified atom stereocenters. The van der Waals surface area contributed by atoms with Crippen LogP contribution in [0.25, 0.3) is 0 Å². The summed E-state index contributed by atoms with van der Waals surface area (Å²) in [4.78, 5) is 62.8. The smallest absolute Gasteiger partial charge is 0.329 e. The Hall–Kier alpha value is -3.29. The summed E-state index contributed by atoms with van der Waals surface area (Å²) in [6.45, 7) is 2.67. The average molecular weight is 410 g/mol. The van der Waals surface area contributed by atoms with E-state index in [1.807, 2.05) is 12.2 Å². The average Bonchev–Trinajstić information content (AvgIpc) is 3.18. The summed E-state index contributed by atoms with van der Waals surface area (Å²) in [6, 6.07) is 3.72. The maximum atomic E-state index is 12.6. The number of ketones is 1. The van der Waals surface area contributed by atoms with E-state index in [4.69, 9.17) is 4.74 Å². The summed E-state index contributed by atoms with van der Waals surface area (Å²) in [6.07, 6.45) is 4.72. The molecule has 8 nitrogen and oxygen atoms in total. The molecule has 1 fully saturated rings. The van der Waals surface area contributed by atoms with Gasteiger partial charge >= 0.3 is 5.97 Å². The predicted molar refractivity (Wildman–Crippen MR) is 105 cm³/mol. The third-order valence-corrected chi connectivity index (χ3v) is 6.11. The van der Waals surface area contributed by atoms with Gasteiger partial charge in [0.15, 0.2) is 12.4 Å². The number of anilines is 1. The highest BCUT2D eigenvalue weighted by atomic mass is 16.5. The van der Waals surface area contributed by atoms with Crippen molar-refractivity contribution in [3.63, 3.8) is 0 Å². The first-order valence-electron chi connectivity index (χ1n) is 9.96. The summed E-state index contributed by atoms with van der Waals surface area (Å²) >= 11 is 0. The van der Waals surface area contributed by atoms with Crippen molar-refractivity contribution in [3.8, 4) is 0 Å². The van der Waals surface area contributed by atoms with E-state index >= 15 is 0 Å². The number of carbonyl (C=O) groups is 5. The Morgan fingerprint density at radius 1 is 1.13 bits per heavy atom. The molecule has 8 heteroatoms. The number of esters is 1. The molecule has 0 aromatic heterocycles. The number of imide groups is 1. The number of benzene rings is 1. The van der Waals surface area contributed by atoms with Crippen LogP contribution in [0.1, 0.15) is 48.5 Å². The molecule has 0 saturated carbocycles. The van der Waals surface area contributed by atoms with Gasteiger partial charge in [0.2, 0.25) is 17.7 Å². The number of hydrogen-bond donors (Lipinski definition) is 1. The summed E-state index contributed by atoms with van der Waals surface area (Å²) in [7, 11) is 0. The number of rotatable bonds is 5. The zero-order valence-electron chi connectivity index (χ0n) is 16.7. The van der Waals surface area contributed by atoms with Gasteiger partial charge in [-0.3, -0.25) is 24.1 Å². The van der Waals surface area contributed by atoms with Gasteiger partial charge in [-0.25, -0.2) is 4.79 Å². The Labute approximate surface area is 173 Å².